The number of benzene rings is 2. The Morgan fingerprint density at radius 2 is 1.80 bits per heavy atom. The molecule has 1 fully saturated rings. The molecular formula is C21H26O4. The van der Waals surface area contributed by atoms with E-state index in [1.54, 1.807) is 7.11 Å². The third-order valence-electron chi connectivity index (χ3n) is 5.45. The molecular weight excluding hydrogens is 316 g/mol. The van der Waals surface area contributed by atoms with Gasteiger partial charge >= 0.3 is 5.97 Å². The van der Waals surface area contributed by atoms with Crippen LogP contribution < -0.4 is 4.74 Å². The fourth-order valence-corrected chi connectivity index (χ4v) is 3.87. The Kier molecular flexibility index (Phi) is 4.50. The minimum Gasteiger partial charge on any atom is -0.497 e. The topological polar surface area (TPSA) is 55.8 Å². The van der Waals surface area contributed by atoms with Crippen LogP contribution in [0, 0.1) is 5.41 Å². The van der Waals surface area contributed by atoms with Gasteiger partial charge in [-0.3, -0.25) is 4.79 Å². The second kappa shape index (κ2) is 6.34. The summed E-state index contributed by atoms with van der Waals surface area (Å²) in [4.78, 5) is 12.7. The summed E-state index contributed by atoms with van der Waals surface area (Å²) in [5, 5.41) is 13.5. The van der Waals surface area contributed by atoms with E-state index in [1.807, 2.05) is 57.2 Å². The standard InChI is InChI=1S/C21H26O4/c1-14(2)25-19(22)20(3)10-5-11-21(20,23)17-8-6-16-13-18(24-4)9-7-15(16)12-17/h6-9,12-14,23H,5,10-11H2,1-4H3. The average Bonchev–Trinajstić information content (AvgIpc) is 2.90. The van der Waals surface area contributed by atoms with Crippen molar-refractivity contribution in [2.75, 3.05) is 7.11 Å². The average molecular weight is 342 g/mol. The van der Waals surface area contributed by atoms with E-state index in [9.17, 15) is 9.90 Å². The highest BCUT2D eigenvalue weighted by atomic mass is 16.5. The molecule has 0 amide bonds. The first-order chi connectivity index (χ1) is 11.8. The first-order valence-electron chi connectivity index (χ1n) is 8.82. The number of hydrogen-bond acceptors (Lipinski definition) is 4. The van der Waals surface area contributed by atoms with Crippen LogP contribution in [-0.2, 0) is 15.1 Å². The van der Waals surface area contributed by atoms with E-state index >= 15 is 0 Å². The molecule has 2 aromatic rings. The lowest BCUT2D eigenvalue weighted by atomic mass is 9.71. The molecule has 4 heteroatoms. The van der Waals surface area contributed by atoms with E-state index in [4.69, 9.17) is 9.47 Å². The largest absolute Gasteiger partial charge is 0.497 e. The van der Waals surface area contributed by atoms with Crippen LogP contribution in [0.1, 0.15) is 45.6 Å². The van der Waals surface area contributed by atoms with E-state index in [0.29, 0.717) is 12.8 Å². The summed E-state index contributed by atoms with van der Waals surface area (Å²) in [5.41, 5.74) is -1.38. The summed E-state index contributed by atoms with van der Waals surface area (Å²) in [6.07, 6.45) is 1.77. The Labute approximate surface area is 148 Å². The van der Waals surface area contributed by atoms with Crippen molar-refractivity contribution in [3.8, 4) is 5.75 Å². The number of ether oxygens (including phenoxy) is 2. The number of fused-ring (bicyclic) bond motifs is 1. The van der Waals surface area contributed by atoms with Gasteiger partial charge in [0, 0.05) is 0 Å². The Balaban J connectivity index is 2.03. The predicted octanol–water partition coefficient (Wildman–Crippen LogP) is 4.18. The monoisotopic (exact) mass is 342 g/mol. The highest BCUT2D eigenvalue weighted by molar-refractivity contribution is 5.85. The van der Waals surface area contributed by atoms with Gasteiger partial charge in [-0.2, -0.15) is 0 Å². The van der Waals surface area contributed by atoms with Crippen molar-refractivity contribution in [1.29, 1.82) is 0 Å². The Hall–Kier alpha value is -2.07. The predicted molar refractivity (Wildman–Crippen MR) is 97.6 cm³/mol. The zero-order chi connectivity index (χ0) is 18.2. The molecule has 2 aromatic carbocycles. The lowest BCUT2D eigenvalue weighted by Crippen LogP contribution is -2.46. The van der Waals surface area contributed by atoms with E-state index in [1.165, 1.54) is 0 Å². The van der Waals surface area contributed by atoms with Gasteiger partial charge in [0.25, 0.3) is 0 Å². The third kappa shape index (κ3) is 2.89. The molecule has 1 N–H and O–H groups in total. The summed E-state index contributed by atoms with van der Waals surface area (Å²) in [6.45, 7) is 5.49. The van der Waals surface area contributed by atoms with E-state index in [0.717, 1.165) is 28.5 Å². The molecule has 2 unspecified atom stereocenters. The molecule has 0 bridgehead atoms. The number of rotatable bonds is 4. The lowest BCUT2D eigenvalue weighted by molar-refractivity contribution is -0.174. The second-order valence-corrected chi connectivity index (χ2v) is 7.43. The minimum atomic E-state index is -1.22. The van der Waals surface area contributed by atoms with Crippen LogP contribution in [0.4, 0.5) is 0 Å². The van der Waals surface area contributed by atoms with Crippen LogP contribution >= 0.6 is 0 Å². The van der Waals surface area contributed by atoms with Gasteiger partial charge in [-0.25, -0.2) is 0 Å². The van der Waals surface area contributed by atoms with Crippen LogP contribution in [0.3, 0.4) is 0 Å². The number of carbonyl (C=O) groups excluding carboxylic acids is 1. The van der Waals surface area contributed by atoms with E-state index in [-0.39, 0.29) is 12.1 Å². The maximum absolute atomic E-state index is 12.7. The van der Waals surface area contributed by atoms with Crippen molar-refractivity contribution in [2.45, 2.75) is 51.7 Å². The normalized spacial score (nSPS) is 26.2. The maximum atomic E-state index is 12.7. The molecule has 0 spiro atoms. The highest BCUT2D eigenvalue weighted by Gasteiger charge is 2.57. The van der Waals surface area contributed by atoms with Gasteiger partial charge in [-0.05, 0) is 74.6 Å². The molecule has 2 atom stereocenters. The molecule has 1 aliphatic rings. The molecule has 0 aromatic heterocycles. The number of aliphatic hydroxyl groups is 1. The summed E-state index contributed by atoms with van der Waals surface area (Å²) in [7, 11) is 1.64. The van der Waals surface area contributed by atoms with Crippen LogP contribution in [0.25, 0.3) is 10.8 Å². The van der Waals surface area contributed by atoms with Gasteiger partial charge in [0.05, 0.1) is 18.6 Å². The fourth-order valence-electron chi connectivity index (χ4n) is 3.87. The van der Waals surface area contributed by atoms with Gasteiger partial charge in [0.1, 0.15) is 11.4 Å². The molecule has 1 saturated carbocycles. The highest BCUT2D eigenvalue weighted by Crippen LogP contribution is 2.53. The Morgan fingerprint density at radius 1 is 1.12 bits per heavy atom. The molecule has 134 valence electrons. The van der Waals surface area contributed by atoms with Gasteiger partial charge in [-0.15, -0.1) is 0 Å². The molecule has 25 heavy (non-hydrogen) atoms. The molecule has 0 saturated heterocycles. The molecule has 0 heterocycles. The van der Waals surface area contributed by atoms with Crippen molar-refractivity contribution < 1.29 is 19.4 Å². The smallest absolute Gasteiger partial charge is 0.315 e. The minimum absolute atomic E-state index is 0.196. The van der Waals surface area contributed by atoms with E-state index in [2.05, 4.69) is 0 Å². The van der Waals surface area contributed by atoms with Crippen molar-refractivity contribution >= 4 is 16.7 Å². The third-order valence-corrected chi connectivity index (χ3v) is 5.45. The number of methoxy groups -OCH3 is 1. The zero-order valence-corrected chi connectivity index (χ0v) is 15.3. The number of esters is 1. The first kappa shape index (κ1) is 17.7. The van der Waals surface area contributed by atoms with Gasteiger partial charge < -0.3 is 14.6 Å². The molecule has 3 rings (SSSR count). The van der Waals surface area contributed by atoms with Gasteiger partial charge in [-0.1, -0.05) is 18.2 Å². The number of carbonyl (C=O) groups is 1. The second-order valence-electron chi connectivity index (χ2n) is 7.43. The van der Waals surface area contributed by atoms with Crippen molar-refractivity contribution in [1.82, 2.24) is 0 Å². The lowest BCUT2D eigenvalue weighted by Gasteiger charge is -2.38. The van der Waals surface area contributed by atoms with Crippen LogP contribution in [0.2, 0.25) is 0 Å². The SMILES string of the molecule is COc1ccc2cc(C3(O)CCCC3(C)C(=O)OC(C)C)ccc2c1. The molecule has 0 aliphatic heterocycles. The van der Waals surface area contributed by atoms with Gasteiger partial charge in [0.2, 0.25) is 0 Å². The Morgan fingerprint density at radius 3 is 2.48 bits per heavy atom. The first-order valence-corrected chi connectivity index (χ1v) is 8.82. The zero-order valence-electron chi connectivity index (χ0n) is 15.3. The van der Waals surface area contributed by atoms with Crippen molar-refractivity contribution in [3.63, 3.8) is 0 Å². The quantitative estimate of drug-likeness (QED) is 0.847. The summed E-state index contributed by atoms with van der Waals surface area (Å²) >= 11 is 0. The van der Waals surface area contributed by atoms with Gasteiger partial charge in [0.15, 0.2) is 0 Å². The number of hydrogen-bond donors (Lipinski definition) is 1. The van der Waals surface area contributed by atoms with Crippen LogP contribution in [0.5, 0.6) is 5.75 Å². The summed E-state index contributed by atoms with van der Waals surface area (Å²) in [5.74, 6) is 0.475. The fraction of sp³-hybridized carbons (Fsp3) is 0.476. The Bertz CT molecular complexity index is 798. The van der Waals surface area contributed by atoms with Crippen molar-refractivity contribution in [3.05, 3.63) is 42.0 Å². The summed E-state index contributed by atoms with van der Waals surface area (Å²) < 4.78 is 10.7. The van der Waals surface area contributed by atoms with Crippen molar-refractivity contribution in [2.24, 2.45) is 5.41 Å². The maximum Gasteiger partial charge on any atom is 0.315 e. The van der Waals surface area contributed by atoms with Crippen LogP contribution in [-0.4, -0.2) is 24.3 Å². The van der Waals surface area contributed by atoms with E-state index < -0.39 is 11.0 Å². The molecule has 0 radical (unpaired) electrons. The van der Waals surface area contributed by atoms with Crippen LogP contribution in [0.15, 0.2) is 36.4 Å². The molecule has 4 nitrogen and oxygen atoms in total. The summed E-state index contributed by atoms with van der Waals surface area (Å²) in [6, 6.07) is 11.7. The molecule has 1 aliphatic carbocycles.